The number of carbonyl (C=O) groups is 1. The van der Waals surface area contributed by atoms with Crippen molar-refractivity contribution in [3.8, 4) is 0 Å². The van der Waals surface area contributed by atoms with Gasteiger partial charge in [-0.1, -0.05) is 18.6 Å². The zero-order chi connectivity index (χ0) is 17.4. The van der Waals surface area contributed by atoms with Crippen molar-refractivity contribution in [2.24, 2.45) is 17.8 Å². The van der Waals surface area contributed by atoms with Crippen LogP contribution in [0.15, 0.2) is 24.3 Å². The Kier molecular flexibility index (Phi) is 4.71. The lowest BCUT2D eigenvalue weighted by molar-refractivity contribution is -0.383. The van der Waals surface area contributed by atoms with E-state index in [0.29, 0.717) is 21.6 Å². The summed E-state index contributed by atoms with van der Waals surface area (Å²) < 4.78 is 0.341. The predicted octanol–water partition coefficient (Wildman–Crippen LogP) is 4.54. The van der Waals surface area contributed by atoms with Crippen LogP contribution in [0, 0.1) is 27.9 Å². The largest absolute Gasteiger partial charge is 0.320 e. The number of thioether (sulfide) groups is 2. The summed E-state index contributed by atoms with van der Waals surface area (Å²) in [6, 6.07) is 6.39. The first-order chi connectivity index (χ1) is 12.1. The van der Waals surface area contributed by atoms with Crippen molar-refractivity contribution in [2.75, 3.05) is 16.8 Å². The average Bonchev–Trinajstić information content (AvgIpc) is 3.04. The highest BCUT2D eigenvalue weighted by Crippen LogP contribution is 2.64. The van der Waals surface area contributed by atoms with E-state index in [2.05, 4.69) is 28.8 Å². The highest BCUT2D eigenvalue weighted by Gasteiger charge is 2.55. The zero-order valence-electron chi connectivity index (χ0n) is 14.0. The molecule has 2 unspecified atom stereocenters. The van der Waals surface area contributed by atoms with Crippen LogP contribution < -0.4 is 5.32 Å². The Hall–Kier alpha value is -1.21. The minimum Gasteiger partial charge on any atom is -0.320 e. The van der Waals surface area contributed by atoms with Crippen LogP contribution in [0.2, 0.25) is 0 Å². The molecule has 1 spiro atoms. The lowest BCUT2D eigenvalue weighted by atomic mass is 9.67. The molecule has 4 rings (SSSR count). The molecule has 1 saturated heterocycles. The second-order valence-corrected chi connectivity index (χ2v) is 10.2. The summed E-state index contributed by atoms with van der Waals surface area (Å²) in [6.45, 7) is 0. The number of amides is 1. The first kappa shape index (κ1) is 17.2. The Balaban J connectivity index is 1.50. The number of rotatable bonds is 3. The highest BCUT2D eigenvalue weighted by atomic mass is 32.2. The number of hydrogen-bond donors (Lipinski definition) is 1. The molecule has 7 heteroatoms. The Labute approximate surface area is 155 Å². The molecule has 2 atom stereocenters. The molecule has 1 aliphatic heterocycles. The molecule has 2 aliphatic carbocycles. The van der Waals surface area contributed by atoms with Gasteiger partial charge in [-0.2, -0.15) is 0 Å². The number of nitrogens with one attached hydrogen (secondary N) is 1. The van der Waals surface area contributed by atoms with Crippen LogP contribution >= 0.6 is 23.5 Å². The SMILES string of the molecule is O=C(Nc1ccccc1[N+](=O)[O-])C1CC2CCCC(C1)C21SCCS1. The van der Waals surface area contributed by atoms with Gasteiger partial charge in [-0.25, -0.2) is 0 Å². The number of anilines is 1. The summed E-state index contributed by atoms with van der Waals surface area (Å²) in [5.41, 5.74) is 0.276. The van der Waals surface area contributed by atoms with E-state index in [4.69, 9.17) is 0 Å². The van der Waals surface area contributed by atoms with Gasteiger partial charge in [-0.3, -0.25) is 14.9 Å². The standard InChI is InChI=1S/C18H22N2O3S2/c21-17(19-15-6-1-2-7-16(15)20(22)23)12-10-13-4-3-5-14(11-12)18(13)24-8-9-25-18/h1-2,6-7,12-14H,3-5,8-11H2,(H,19,21). The number of benzene rings is 1. The number of carbonyl (C=O) groups excluding carboxylic acids is 1. The van der Waals surface area contributed by atoms with E-state index in [0.717, 1.165) is 12.8 Å². The third kappa shape index (κ3) is 3.05. The normalized spacial score (nSPS) is 30.2. The van der Waals surface area contributed by atoms with Crippen molar-refractivity contribution in [1.82, 2.24) is 0 Å². The molecule has 1 aromatic rings. The second kappa shape index (κ2) is 6.83. The molecule has 1 amide bonds. The van der Waals surface area contributed by atoms with Gasteiger partial charge in [0, 0.05) is 23.5 Å². The summed E-state index contributed by atoms with van der Waals surface area (Å²) in [5.74, 6) is 3.57. The molecular formula is C18H22N2O3S2. The third-order valence-corrected chi connectivity index (χ3v) is 9.87. The van der Waals surface area contributed by atoms with Crippen molar-refractivity contribution in [3.63, 3.8) is 0 Å². The Morgan fingerprint density at radius 2 is 1.80 bits per heavy atom. The van der Waals surface area contributed by atoms with E-state index in [1.54, 1.807) is 18.2 Å². The van der Waals surface area contributed by atoms with E-state index < -0.39 is 4.92 Å². The molecule has 25 heavy (non-hydrogen) atoms. The van der Waals surface area contributed by atoms with Gasteiger partial charge in [0.1, 0.15) is 5.69 Å². The van der Waals surface area contributed by atoms with E-state index in [1.807, 2.05) is 0 Å². The van der Waals surface area contributed by atoms with Crippen molar-refractivity contribution < 1.29 is 9.72 Å². The van der Waals surface area contributed by atoms with Gasteiger partial charge >= 0.3 is 0 Å². The number of nitrogens with zero attached hydrogens (tertiary/aromatic N) is 1. The van der Waals surface area contributed by atoms with Crippen LogP contribution in [0.4, 0.5) is 11.4 Å². The molecular weight excluding hydrogens is 356 g/mol. The molecule has 134 valence electrons. The van der Waals surface area contributed by atoms with Crippen molar-refractivity contribution in [3.05, 3.63) is 34.4 Å². The Morgan fingerprint density at radius 1 is 1.16 bits per heavy atom. The van der Waals surface area contributed by atoms with Gasteiger partial charge in [-0.15, -0.1) is 23.5 Å². The summed E-state index contributed by atoms with van der Waals surface area (Å²) in [7, 11) is 0. The van der Waals surface area contributed by atoms with Gasteiger partial charge in [0.05, 0.1) is 9.00 Å². The molecule has 1 aromatic carbocycles. The van der Waals surface area contributed by atoms with Gasteiger partial charge in [0.25, 0.3) is 5.69 Å². The van der Waals surface area contributed by atoms with E-state index >= 15 is 0 Å². The lowest BCUT2D eigenvalue weighted by Crippen LogP contribution is -2.48. The topological polar surface area (TPSA) is 72.2 Å². The van der Waals surface area contributed by atoms with E-state index in [-0.39, 0.29) is 17.5 Å². The molecule has 0 radical (unpaired) electrons. The van der Waals surface area contributed by atoms with Crippen LogP contribution in [-0.2, 0) is 4.79 Å². The smallest absolute Gasteiger partial charge is 0.292 e. The zero-order valence-corrected chi connectivity index (χ0v) is 15.6. The molecule has 3 fully saturated rings. The first-order valence-corrected chi connectivity index (χ1v) is 10.9. The maximum Gasteiger partial charge on any atom is 0.292 e. The maximum atomic E-state index is 12.8. The number of nitro groups is 1. The van der Waals surface area contributed by atoms with E-state index in [1.165, 1.54) is 36.8 Å². The highest BCUT2D eigenvalue weighted by molar-refractivity contribution is 8.21. The van der Waals surface area contributed by atoms with E-state index in [9.17, 15) is 14.9 Å². The molecule has 1 N–H and O–H groups in total. The molecule has 2 bridgehead atoms. The molecule has 3 aliphatic rings. The van der Waals surface area contributed by atoms with Crippen molar-refractivity contribution in [2.45, 2.75) is 36.2 Å². The minimum absolute atomic E-state index is 0.0254. The maximum absolute atomic E-state index is 12.8. The number of nitro benzene ring substituents is 1. The Morgan fingerprint density at radius 3 is 2.44 bits per heavy atom. The lowest BCUT2D eigenvalue weighted by Gasteiger charge is -2.52. The molecule has 2 saturated carbocycles. The monoisotopic (exact) mass is 378 g/mol. The van der Waals surface area contributed by atoms with Crippen LogP contribution in [0.1, 0.15) is 32.1 Å². The van der Waals surface area contributed by atoms with Gasteiger partial charge in [0.2, 0.25) is 5.91 Å². The van der Waals surface area contributed by atoms with Gasteiger partial charge < -0.3 is 5.32 Å². The summed E-state index contributed by atoms with van der Waals surface area (Å²) in [6.07, 6.45) is 5.54. The Bertz CT molecular complexity index is 675. The fraction of sp³-hybridized carbons (Fsp3) is 0.611. The molecule has 0 aromatic heterocycles. The third-order valence-electron chi connectivity index (χ3n) is 5.85. The van der Waals surface area contributed by atoms with Gasteiger partial charge in [-0.05, 0) is 43.6 Å². The fourth-order valence-electron chi connectivity index (χ4n) is 4.80. The van der Waals surface area contributed by atoms with Crippen LogP contribution in [0.25, 0.3) is 0 Å². The first-order valence-electron chi connectivity index (χ1n) is 8.92. The molecule has 1 heterocycles. The minimum atomic E-state index is -0.438. The van der Waals surface area contributed by atoms with Crippen molar-refractivity contribution >= 4 is 40.8 Å². The summed E-state index contributed by atoms with van der Waals surface area (Å²) in [4.78, 5) is 23.5. The van der Waals surface area contributed by atoms with Crippen LogP contribution in [0.3, 0.4) is 0 Å². The van der Waals surface area contributed by atoms with Crippen LogP contribution in [-0.4, -0.2) is 26.4 Å². The fourth-order valence-corrected chi connectivity index (χ4v) is 8.73. The molecule has 5 nitrogen and oxygen atoms in total. The van der Waals surface area contributed by atoms with Gasteiger partial charge in [0.15, 0.2) is 0 Å². The second-order valence-electron chi connectivity index (χ2n) is 7.17. The van der Waals surface area contributed by atoms with Crippen molar-refractivity contribution in [1.29, 1.82) is 0 Å². The number of para-hydroxylation sites is 2. The summed E-state index contributed by atoms with van der Waals surface area (Å²) in [5, 5.41) is 14.0. The van der Waals surface area contributed by atoms with Crippen LogP contribution in [0.5, 0.6) is 0 Å². The average molecular weight is 379 g/mol. The number of hydrogen-bond acceptors (Lipinski definition) is 5. The summed E-state index contributed by atoms with van der Waals surface area (Å²) >= 11 is 4.25. The predicted molar refractivity (Wildman–Crippen MR) is 103 cm³/mol. The quantitative estimate of drug-likeness (QED) is 0.618.